The number of carbonyl (C=O) groups excluding carboxylic acids is 2. The molecule has 0 unspecified atom stereocenters. The minimum absolute atomic E-state index is 0.0150. The molecule has 0 bridgehead atoms. The molecule has 0 radical (unpaired) electrons. The number of hydrogen-bond donors (Lipinski definition) is 1. The summed E-state index contributed by atoms with van der Waals surface area (Å²) in [7, 11) is 0. The fourth-order valence-electron chi connectivity index (χ4n) is 2.69. The number of likely N-dealkylation sites (tertiary alicyclic amines) is 1. The van der Waals surface area contributed by atoms with Gasteiger partial charge in [0.1, 0.15) is 6.04 Å². The van der Waals surface area contributed by atoms with Crippen LogP contribution in [0.1, 0.15) is 38.2 Å². The Hall–Kier alpha value is -1.84. The van der Waals surface area contributed by atoms with Crippen LogP contribution in [0.4, 0.5) is 0 Å². The minimum atomic E-state index is -0.282. The molecule has 1 heterocycles. The summed E-state index contributed by atoms with van der Waals surface area (Å²) in [5.41, 5.74) is 1.21. The minimum Gasteiger partial charge on any atom is -0.354 e. The molecular weight excluding hydrogens is 252 g/mol. The first-order chi connectivity index (χ1) is 9.59. The summed E-state index contributed by atoms with van der Waals surface area (Å²) in [4.78, 5) is 25.3. The van der Waals surface area contributed by atoms with Crippen LogP contribution in [0.5, 0.6) is 0 Å². The maximum atomic E-state index is 12.2. The van der Waals surface area contributed by atoms with Crippen LogP contribution in [0.2, 0.25) is 0 Å². The van der Waals surface area contributed by atoms with Gasteiger partial charge in [-0.05, 0) is 24.3 Å². The van der Waals surface area contributed by atoms with Crippen molar-refractivity contribution in [3.8, 4) is 0 Å². The van der Waals surface area contributed by atoms with Crippen molar-refractivity contribution in [1.29, 1.82) is 0 Å². The summed E-state index contributed by atoms with van der Waals surface area (Å²) >= 11 is 0. The summed E-state index contributed by atoms with van der Waals surface area (Å²) in [6, 6.07) is 9.83. The fraction of sp³-hybridized carbons (Fsp3) is 0.500. The summed E-state index contributed by atoms with van der Waals surface area (Å²) in [6.45, 7) is 4.91. The number of hydrogen-bond acceptors (Lipinski definition) is 2. The van der Waals surface area contributed by atoms with Crippen LogP contribution in [-0.4, -0.2) is 35.8 Å². The van der Waals surface area contributed by atoms with E-state index in [1.54, 1.807) is 4.90 Å². The molecule has 1 aromatic rings. The molecule has 0 aliphatic carbocycles. The Morgan fingerprint density at radius 2 is 2.05 bits per heavy atom. The van der Waals surface area contributed by atoms with Crippen LogP contribution in [-0.2, 0) is 9.59 Å². The van der Waals surface area contributed by atoms with Crippen molar-refractivity contribution in [3.63, 3.8) is 0 Å². The van der Waals surface area contributed by atoms with Crippen LogP contribution in [0.3, 0.4) is 0 Å². The van der Waals surface area contributed by atoms with Crippen molar-refractivity contribution < 1.29 is 9.59 Å². The normalized spacial score (nSPS) is 19.7. The number of amides is 2. The maximum Gasteiger partial charge on any atom is 0.242 e. The lowest BCUT2D eigenvalue weighted by molar-refractivity contribution is -0.136. The highest BCUT2D eigenvalue weighted by molar-refractivity contribution is 5.87. The molecule has 2 amide bonds. The molecule has 1 aliphatic rings. The topological polar surface area (TPSA) is 49.4 Å². The van der Waals surface area contributed by atoms with E-state index in [0.717, 1.165) is 12.8 Å². The van der Waals surface area contributed by atoms with Gasteiger partial charge in [-0.3, -0.25) is 9.59 Å². The zero-order valence-electron chi connectivity index (χ0n) is 12.1. The van der Waals surface area contributed by atoms with Crippen molar-refractivity contribution in [1.82, 2.24) is 10.2 Å². The van der Waals surface area contributed by atoms with Crippen LogP contribution in [0.15, 0.2) is 30.3 Å². The predicted octanol–water partition coefficient (Wildman–Crippen LogP) is 1.92. The van der Waals surface area contributed by atoms with Gasteiger partial charge in [-0.2, -0.15) is 0 Å². The van der Waals surface area contributed by atoms with Gasteiger partial charge in [-0.25, -0.2) is 0 Å². The van der Waals surface area contributed by atoms with Crippen molar-refractivity contribution >= 4 is 11.8 Å². The summed E-state index contributed by atoms with van der Waals surface area (Å²) in [5, 5.41) is 2.97. The van der Waals surface area contributed by atoms with E-state index in [9.17, 15) is 9.59 Å². The van der Waals surface area contributed by atoms with Gasteiger partial charge in [0.2, 0.25) is 11.8 Å². The second-order valence-electron chi connectivity index (χ2n) is 5.43. The molecule has 0 spiro atoms. The van der Waals surface area contributed by atoms with Gasteiger partial charge < -0.3 is 10.2 Å². The molecule has 2 rings (SSSR count). The maximum absolute atomic E-state index is 12.2. The molecule has 4 heteroatoms. The van der Waals surface area contributed by atoms with Crippen molar-refractivity contribution in [3.05, 3.63) is 35.9 Å². The van der Waals surface area contributed by atoms with E-state index >= 15 is 0 Å². The molecule has 0 saturated carbocycles. The first kappa shape index (κ1) is 14.6. The van der Waals surface area contributed by atoms with Crippen molar-refractivity contribution in [2.24, 2.45) is 0 Å². The third-order valence-electron chi connectivity index (χ3n) is 3.91. The molecule has 0 aromatic heterocycles. The third kappa shape index (κ3) is 3.38. The van der Waals surface area contributed by atoms with Crippen LogP contribution >= 0.6 is 0 Å². The zero-order valence-corrected chi connectivity index (χ0v) is 12.1. The Kier molecular flexibility index (Phi) is 4.77. The Morgan fingerprint density at radius 3 is 2.70 bits per heavy atom. The van der Waals surface area contributed by atoms with E-state index in [-0.39, 0.29) is 23.8 Å². The molecule has 2 atom stereocenters. The van der Waals surface area contributed by atoms with E-state index in [1.165, 1.54) is 12.5 Å². The summed E-state index contributed by atoms with van der Waals surface area (Å²) < 4.78 is 0. The number of rotatable bonds is 4. The summed E-state index contributed by atoms with van der Waals surface area (Å²) in [5.74, 6) is 0.228. The van der Waals surface area contributed by atoms with Crippen LogP contribution in [0, 0.1) is 0 Å². The van der Waals surface area contributed by atoms with E-state index < -0.39 is 0 Å². The highest BCUT2D eigenvalue weighted by Gasteiger charge is 2.32. The first-order valence-electron chi connectivity index (χ1n) is 7.19. The van der Waals surface area contributed by atoms with Crippen molar-refractivity contribution in [2.45, 2.75) is 38.6 Å². The lowest BCUT2D eigenvalue weighted by atomic mass is 10.0. The molecule has 20 heavy (non-hydrogen) atoms. The Bertz CT molecular complexity index is 473. The predicted molar refractivity (Wildman–Crippen MR) is 78.3 cm³/mol. The molecule has 4 nitrogen and oxygen atoms in total. The Labute approximate surface area is 120 Å². The van der Waals surface area contributed by atoms with Gasteiger partial charge in [0.15, 0.2) is 0 Å². The largest absolute Gasteiger partial charge is 0.354 e. The molecule has 1 fully saturated rings. The third-order valence-corrected chi connectivity index (χ3v) is 3.91. The van der Waals surface area contributed by atoms with E-state index in [2.05, 4.69) is 24.4 Å². The van der Waals surface area contributed by atoms with Gasteiger partial charge >= 0.3 is 0 Å². The molecule has 1 aliphatic heterocycles. The monoisotopic (exact) mass is 274 g/mol. The van der Waals surface area contributed by atoms with Gasteiger partial charge in [-0.15, -0.1) is 0 Å². The van der Waals surface area contributed by atoms with Gasteiger partial charge in [-0.1, -0.05) is 37.3 Å². The molecule has 108 valence electrons. The van der Waals surface area contributed by atoms with Crippen molar-refractivity contribution in [2.75, 3.05) is 13.1 Å². The zero-order chi connectivity index (χ0) is 14.5. The highest BCUT2D eigenvalue weighted by atomic mass is 16.2. The fourth-order valence-corrected chi connectivity index (χ4v) is 2.69. The molecule has 1 N–H and O–H groups in total. The van der Waals surface area contributed by atoms with Crippen LogP contribution in [0.25, 0.3) is 0 Å². The first-order valence-corrected chi connectivity index (χ1v) is 7.19. The number of benzene rings is 1. The van der Waals surface area contributed by atoms with Gasteiger partial charge in [0, 0.05) is 20.0 Å². The molecule has 1 saturated heterocycles. The standard InChI is InChI=1S/C16H22N2O2/c1-12(14-7-4-3-5-8-14)11-17-16(20)15-9-6-10-18(15)13(2)19/h3-5,7-8,12,15H,6,9-11H2,1-2H3,(H,17,20)/t12-,15-/m1/s1. The van der Waals surface area contributed by atoms with E-state index in [1.807, 2.05) is 18.2 Å². The average molecular weight is 274 g/mol. The van der Waals surface area contributed by atoms with Crippen LogP contribution < -0.4 is 5.32 Å². The lowest BCUT2D eigenvalue weighted by Crippen LogP contribution is -2.45. The number of nitrogens with zero attached hydrogens (tertiary/aromatic N) is 1. The second-order valence-corrected chi connectivity index (χ2v) is 5.43. The second kappa shape index (κ2) is 6.55. The number of nitrogens with one attached hydrogen (secondary N) is 1. The number of carbonyl (C=O) groups is 2. The Balaban J connectivity index is 1.87. The smallest absolute Gasteiger partial charge is 0.242 e. The van der Waals surface area contributed by atoms with E-state index in [0.29, 0.717) is 13.1 Å². The van der Waals surface area contributed by atoms with Gasteiger partial charge in [0.25, 0.3) is 0 Å². The lowest BCUT2D eigenvalue weighted by Gasteiger charge is -2.23. The van der Waals surface area contributed by atoms with Gasteiger partial charge in [0.05, 0.1) is 0 Å². The molecular formula is C16H22N2O2. The Morgan fingerprint density at radius 1 is 1.35 bits per heavy atom. The average Bonchev–Trinajstić information content (AvgIpc) is 2.95. The summed E-state index contributed by atoms with van der Waals surface area (Å²) in [6.07, 6.45) is 1.68. The quantitative estimate of drug-likeness (QED) is 0.912. The highest BCUT2D eigenvalue weighted by Crippen LogP contribution is 2.18. The van der Waals surface area contributed by atoms with E-state index in [4.69, 9.17) is 0 Å². The SMILES string of the molecule is CC(=O)N1CCC[C@@H]1C(=O)NC[C@@H](C)c1ccccc1. The molecule has 1 aromatic carbocycles.